The summed E-state index contributed by atoms with van der Waals surface area (Å²) < 4.78 is 28.3. The van der Waals surface area contributed by atoms with Gasteiger partial charge in [-0.15, -0.1) is 0 Å². The van der Waals surface area contributed by atoms with E-state index in [-0.39, 0.29) is 23.5 Å². The fourth-order valence-electron chi connectivity index (χ4n) is 2.55. The first-order valence-corrected chi connectivity index (χ1v) is 9.78. The summed E-state index contributed by atoms with van der Waals surface area (Å²) >= 11 is 1.61. The van der Waals surface area contributed by atoms with Gasteiger partial charge in [0.05, 0.1) is 18.1 Å². The molecule has 1 amide bonds. The lowest BCUT2D eigenvalue weighted by Crippen LogP contribution is -2.43. The number of thiophene rings is 1. The van der Waals surface area contributed by atoms with Gasteiger partial charge in [-0.05, 0) is 35.2 Å². The van der Waals surface area contributed by atoms with Gasteiger partial charge in [-0.25, -0.2) is 8.42 Å². The average molecular weight is 331 g/mol. The highest BCUT2D eigenvalue weighted by molar-refractivity contribution is 7.91. The number of carbonyl (C=O) groups excluding carboxylic acids is 1. The van der Waals surface area contributed by atoms with Crippen LogP contribution in [0.25, 0.3) is 0 Å². The first kappa shape index (κ1) is 16.5. The molecule has 118 valence electrons. The summed E-state index contributed by atoms with van der Waals surface area (Å²) in [7, 11) is -1.41. The summed E-state index contributed by atoms with van der Waals surface area (Å²) in [6, 6.07) is 1.82. The van der Waals surface area contributed by atoms with Gasteiger partial charge in [0.1, 0.15) is 0 Å². The normalized spacial score (nSPS) is 20.5. The van der Waals surface area contributed by atoms with Crippen LogP contribution >= 0.6 is 11.3 Å². The molecule has 0 radical (unpaired) electrons. The number of hydrogen-bond donors (Lipinski definition) is 0. The van der Waals surface area contributed by atoms with E-state index < -0.39 is 9.84 Å². The van der Waals surface area contributed by atoms with E-state index in [1.807, 2.05) is 16.8 Å². The third kappa shape index (κ3) is 4.79. The molecular formula is C14H21NO4S2. The topological polar surface area (TPSA) is 63.7 Å². The molecule has 0 saturated carbocycles. The molecule has 1 atom stereocenters. The van der Waals surface area contributed by atoms with Crippen molar-refractivity contribution >= 4 is 27.1 Å². The standard InChI is InChI=1S/C14H21NO4S2/c1-19-7-6-15(13-5-9-21(17,18)11-13)14(16)3-2-12-4-8-20-10-12/h4,8,10,13H,2-3,5-7,9,11H2,1H3. The lowest BCUT2D eigenvalue weighted by atomic mass is 10.1. The van der Waals surface area contributed by atoms with Crippen LogP contribution in [0.3, 0.4) is 0 Å². The van der Waals surface area contributed by atoms with Gasteiger partial charge >= 0.3 is 0 Å². The van der Waals surface area contributed by atoms with Crippen molar-refractivity contribution in [1.82, 2.24) is 4.90 Å². The van der Waals surface area contributed by atoms with Crippen molar-refractivity contribution in [3.63, 3.8) is 0 Å². The van der Waals surface area contributed by atoms with Gasteiger partial charge in [-0.1, -0.05) is 0 Å². The Bertz CT molecular complexity index is 554. The maximum Gasteiger partial charge on any atom is 0.223 e. The molecule has 5 nitrogen and oxygen atoms in total. The first-order valence-electron chi connectivity index (χ1n) is 7.02. The van der Waals surface area contributed by atoms with Crippen LogP contribution in [0.1, 0.15) is 18.4 Å². The number of rotatable bonds is 7. The number of ether oxygens (including phenoxy) is 1. The molecule has 1 aromatic heterocycles. The number of nitrogens with zero attached hydrogens (tertiary/aromatic N) is 1. The van der Waals surface area contributed by atoms with Gasteiger partial charge in [-0.3, -0.25) is 4.79 Å². The maximum atomic E-state index is 12.4. The Kier molecular flexibility index (Phi) is 5.78. The third-order valence-corrected chi connectivity index (χ3v) is 6.20. The summed E-state index contributed by atoms with van der Waals surface area (Å²) in [5, 5.41) is 4.03. The summed E-state index contributed by atoms with van der Waals surface area (Å²) in [4.78, 5) is 14.1. The lowest BCUT2D eigenvalue weighted by molar-refractivity contribution is -0.133. The lowest BCUT2D eigenvalue weighted by Gasteiger charge is -2.28. The molecule has 1 aliphatic rings. The van der Waals surface area contributed by atoms with E-state index in [1.54, 1.807) is 23.3 Å². The van der Waals surface area contributed by atoms with E-state index >= 15 is 0 Å². The molecule has 1 saturated heterocycles. The van der Waals surface area contributed by atoms with Crippen molar-refractivity contribution in [2.45, 2.75) is 25.3 Å². The highest BCUT2D eigenvalue weighted by Crippen LogP contribution is 2.19. The van der Waals surface area contributed by atoms with E-state index in [1.165, 1.54) is 0 Å². The summed E-state index contributed by atoms with van der Waals surface area (Å²) in [5.41, 5.74) is 1.15. The quantitative estimate of drug-likeness (QED) is 0.756. The second-order valence-corrected chi connectivity index (χ2v) is 8.28. The third-order valence-electron chi connectivity index (χ3n) is 3.71. The number of amides is 1. The number of aryl methyl sites for hydroxylation is 1. The van der Waals surface area contributed by atoms with Crippen LogP contribution in [-0.2, 0) is 25.8 Å². The number of hydrogen-bond acceptors (Lipinski definition) is 5. The maximum absolute atomic E-state index is 12.4. The minimum atomic E-state index is -2.99. The zero-order valence-electron chi connectivity index (χ0n) is 12.2. The molecule has 0 spiro atoms. The molecule has 1 unspecified atom stereocenters. The smallest absolute Gasteiger partial charge is 0.223 e. The van der Waals surface area contributed by atoms with E-state index in [4.69, 9.17) is 4.74 Å². The Morgan fingerprint density at radius 3 is 2.90 bits per heavy atom. The highest BCUT2D eigenvalue weighted by atomic mass is 32.2. The summed E-state index contributed by atoms with van der Waals surface area (Å²) in [6.07, 6.45) is 1.65. The Morgan fingerprint density at radius 1 is 1.52 bits per heavy atom. The minimum Gasteiger partial charge on any atom is -0.383 e. The van der Waals surface area contributed by atoms with Crippen LogP contribution in [0.4, 0.5) is 0 Å². The molecule has 21 heavy (non-hydrogen) atoms. The Labute approximate surface area is 129 Å². The number of sulfone groups is 1. The van der Waals surface area contributed by atoms with Gasteiger partial charge in [0.15, 0.2) is 9.84 Å². The van der Waals surface area contributed by atoms with Crippen molar-refractivity contribution in [3.05, 3.63) is 22.4 Å². The van der Waals surface area contributed by atoms with Crippen LogP contribution in [0.5, 0.6) is 0 Å². The van der Waals surface area contributed by atoms with Crippen LogP contribution in [0, 0.1) is 0 Å². The van der Waals surface area contributed by atoms with Crippen molar-refractivity contribution in [3.8, 4) is 0 Å². The minimum absolute atomic E-state index is 0.0142. The molecule has 1 aromatic rings. The van der Waals surface area contributed by atoms with Gasteiger partial charge in [0.25, 0.3) is 0 Å². The average Bonchev–Trinajstić information content (AvgIpc) is 3.06. The van der Waals surface area contributed by atoms with Crippen LogP contribution < -0.4 is 0 Å². The van der Waals surface area contributed by atoms with Crippen molar-refractivity contribution in [2.75, 3.05) is 31.8 Å². The van der Waals surface area contributed by atoms with Crippen LogP contribution in [-0.4, -0.2) is 57.0 Å². The molecule has 1 aliphatic heterocycles. The van der Waals surface area contributed by atoms with E-state index in [0.29, 0.717) is 32.4 Å². The Balaban J connectivity index is 1.96. The van der Waals surface area contributed by atoms with Gasteiger partial charge in [-0.2, -0.15) is 11.3 Å². The fraction of sp³-hybridized carbons (Fsp3) is 0.643. The zero-order valence-corrected chi connectivity index (χ0v) is 13.8. The molecule has 0 aromatic carbocycles. The number of carbonyl (C=O) groups is 1. The van der Waals surface area contributed by atoms with Gasteiger partial charge in [0, 0.05) is 26.1 Å². The first-order chi connectivity index (χ1) is 10.0. The molecule has 0 aliphatic carbocycles. The Morgan fingerprint density at radius 2 is 2.33 bits per heavy atom. The molecule has 0 N–H and O–H groups in total. The Hall–Kier alpha value is -0.920. The predicted octanol–water partition coefficient (Wildman–Crippen LogP) is 1.34. The van der Waals surface area contributed by atoms with E-state index in [0.717, 1.165) is 5.56 Å². The molecule has 0 bridgehead atoms. The van der Waals surface area contributed by atoms with Crippen molar-refractivity contribution < 1.29 is 17.9 Å². The second-order valence-electron chi connectivity index (χ2n) is 5.27. The van der Waals surface area contributed by atoms with E-state index in [2.05, 4.69) is 0 Å². The molecule has 1 fully saturated rings. The molecule has 2 heterocycles. The monoisotopic (exact) mass is 331 g/mol. The van der Waals surface area contributed by atoms with Crippen molar-refractivity contribution in [1.29, 1.82) is 0 Å². The predicted molar refractivity (Wildman–Crippen MR) is 83.3 cm³/mol. The molecular weight excluding hydrogens is 310 g/mol. The van der Waals surface area contributed by atoms with Gasteiger partial charge < -0.3 is 9.64 Å². The molecule has 7 heteroatoms. The van der Waals surface area contributed by atoms with Crippen molar-refractivity contribution in [2.24, 2.45) is 0 Å². The number of methoxy groups -OCH3 is 1. The SMILES string of the molecule is COCCN(C(=O)CCc1ccsc1)C1CCS(=O)(=O)C1. The van der Waals surface area contributed by atoms with Crippen LogP contribution in [0.2, 0.25) is 0 Å². The summed E-state index contributed by atoms with van der Waals surface area (Å²) in [5.74, 6) is 0.278. The zero-order chi connectivity index (χ0) is 15.3. The fourth-order valence-corrected chi connectivity index (χ4v) is 4.99. The largest absolute Gasteiger partial charge is 0.383 e. The highest BCUT2D eigenvalue weighted by Gasteiger charge is 2.34. The molecule has 2 rings (SSSR count). The second kappa shape index (κ2) is 7.38. The van der Waals surface area contributed by atoms with E-state index in [9.17, 15) is 13.2 Å². The van der Waals surface area contributed by atoms with Crippen LogP contribution in [0.15, 0.2) is 16.8 Å². The van der Waals surface area contributed by atoms with Gasteiger partial charge in [0.2, 0.25) is 5.91 Å². The summed E-state index contributed by atoms with van der Waals surface area (Å²) in [6.45, 7) is 0.889.